The maximum absolute atomic E-state index is 5.82. The summed E-state index contributed by atoms with van der Waals surface area (Å²) in [6.45, 7) is 7.25. The molecule has 0 radical (unpaired) electrons. The van der Waals surface area contributed by atoms with Crippen LogP contribution < -0.4 is 10.2 Å². The number of piperidine rings is 1. The van der Waals surface area contributed by atoms with Gasteiger partial charge in [-0.3, -0.25) is 0 Å². The Morgan fingerprint density at radius 2 is 1.95 bits per heavy atom. The summed E-state index contributed by atoms with van der Waals surface area (Å²) in [4.78, 5) is 11.3. The highest BCUT2D eigenvalue weighted by atomic mass is 16.5. The summed E-state index contributed by atoms with van der Waals surface area (Å²) in [5.74, 6) is 1.69. The van der Waals surface area contributed by atoms with Gasteiger partial charge >= 0.3 is 0 Å². The van der Waals surface area contributed by atoms with Crippen molar-refractivity contribution in [3.05, 3.63) is 18.0 Å². The molecule has 2 saturated heterocycles. The molecule has 5 nitrogen and oxygen atoms in total. The molecule has 3 heterocycles. The predicted octanol–water partition coefficient (Wildman–Crippen LogP) is 1.63. The second-order valence-corrected chi connectivity index (χ2v) is 6.12. The third-order valence-electron chi connectivity index (χ3n) is 4.62. The second kappa shape index (κ2) is 7.18. The summed E-state index contributed by atoms with van der Waals surface area (Å²) in [7, 11) is 0. The maximum Gasteiger partial charge on any atom is 0.225 e. The lowest BCUT2D eigenvalue weighted by Gasteiger charge is -2.33. The molecule has 0 bridgehead atoms. The molecule has 0 amide bonds. The number of rotatable bonds is 6. The topological polar surface area (TPSA) is 50.3 Å². The highest BCUT2D eigenvalue weighted by molar-refractivity contribution is 5.30. The summed E-state index contributed by atoms with van der Waals surface area (Å²) in [5, 5.41) is 3.24. The van der Waals surface area contributed by atoms with E-state index in [0.29, 0.717) is 6.10 Å². The zero-order valence-electron chi connectivity index (χ0n) is 12.9. The molecule has 21 heavy (non-hydrogen) atoms. The molecule has 0 aliphatic carbocycles. The molecule has 0 atom stereocenters. The fourth-order valence-corrected chi connectivity index (χ4v) is 2.90. The number of anilines is 1. The van der Waals surface area contributed by atoms with Gasteiger partial charge in [-0.25, -0.2) is 9.97 Å². The third-order valence-corrected chi connectivity index (χ3v) is 4.62. The number of ether oxygens (including phenoxy) is 1. The molecule has 2 aliphatic heterocycles. The Morgan fingerprint density at radius 3 is 2.52 bits per heavy atom. The lowest BCUT2D eigenvalue weighted by Crippen LogP contribution is -2.48. The normalized spacial score (nSPS) is 20.5. The van der Waals surface area contributed by atoms with E-state index in [1.807, 2.05) is 12.4 Å². The van der Waals surface area contributed by atoms with Crippen LogP contribution in [0.4, 0.5) is 5.95 Å². The minimum Gasteiger partial charge on any atom is -0.376 e. The number of hydrogen-bond acceptors (Lipinski definition) is 5. The summed E-state index contributed by atoms with van der Waals surface area (Å²) in [6.07, 6.45) is 9.02. The van der Waals surface area contributed by atoms with Gasteiger partial charge in [0.15, 0.2) is 0 Å². The van der Waals surface area contributed by atoms with Crippen LogP contribution in [0.5, 0.6) is 0 Å². The average Bonchev–Trinajstić information content (AvgIpc) is 2.50. The molecule has 5 heteroatoms. The zero-order chi connectivity index (χ0) is 14.5. The van der Waals surface area contributed by atoms with Crippen LogP contribution in [-0.4, -0.2) is 48.9 Å². The number of nitrogens with one attached hydrogen (secondary N) is 1. The summed E-state index contributed by atoms with van der Waals surface area (Å²) >= 11 is 0. The second-order valence-electron chi connectivity index (χ2n) is 6.12. The minimum absolute atomic E-state index is 0.468. The molecule has 0 aromatic carbocycles. The van der Waals surface area contributed by atoms with Crippen LogP contribution in [0.3, 0.4) is 0 Å². The minimum atomic E-state index is 0.468. The van der Waals surface area contributed by atoms with Gasteiger partial charge in [-0.05, 0) is 37.2 Å². The van der Waals surface area contributed by atoms with E-state index in [4.69, 9.17) is 4.74 Å². The van der Waals surface area contributed by atoms with Crippen molar-refractivity contribution in [2.24, 2.45) is 5.92 Å². The first-order chi connectivity index (χ1) is 10.3. The van der Waals surface area contributed by atoms with Crippen molar-refractivity contribution in [3.8, 4) is 0 Å². The molecular weight excluding hydrogens is 264 g/mol. The average molecular weight is 290 g/mol. The smallest absolute Gasteiger partial charge is 0.225 e. The van der Waals surface area contributed by atoms with Gasteiger partial charge in [0.05, 0.1) is 6.10 Å². The number of aryl methyl sites for hydroxylation is 1. The van der Waals surface area contributed by atoms with Gasteiger partial charge in [0.25, 0.3) is 0 Å². The van der Waals surface area contributed by atoms with E-state index in [1.54, 1.807) is 0 Å². The van der Waals surface area contributed by atoms with Crippen LogP contribution in [0.1, 0.15) is 31.7 Å². The van der Waals surface area contributed by atoms with Crippen LogP contribution in [0, 0.1) is 5.92 Å². The largest absolute Gasteiger partial charge is 0.376 e. The standard InChI is InChI=1S/C16H26N4O/c1-2-13-9-18-16(19-10-13)20-6-3-14(4-7-20)5-8-21-15-11-17-12-15/h9-10,14-15,17H,2-8,11-12H2,1H3. The van der Waals surface area contributed by atoms with E-state index in [2.05, 4.69) is 27.1 Å². The van der Waals surface area contributed by atoms with Crippen LogP contribution in [0.25, 0.3) is 0 Å². The Kier molecular flexibility index (Phi) is 5.04. The van der Waals surface area contributed by atoms with Crippen LogP contribution >= 0.6 is 0 Å². The van der Waals surface area contributed by atoms with Crippen molar-refractivity contribution in [3.63, 3.8) is 0 Å². The summed E-state index contributed by atoms with van der Waals surface area (Å²) in [6, 6.07) is 0. The van der Waals surface area contributed by atoms with E-state index < -0.39 is 0 Å². The molecular formula is C16H26N4O. The third kappa shape index (κ3) is 3.92. The molecule has 1 N–H and O–H groups in total. The first-order valence-electron chi connectivity index (χ1n) is 8.23. The Bertz CT molecular complexity index is 424. The fraction of sp³-hybridized carbons (Fsp3) is 0.750. The first-order valence-corrected chi connectivity index (χ1v) is 8.23. The van der Waals surface area contributed by atoms with Crippen molar-refractivity contribution >= 4 is 5.95 Å². The van der Waals surface area contributed by atoms with Gasteiger partial charge in [-0.15, -0.1) is 0 Å². The molecule has 2 aliphatic rings. The zero-order valence-corrected chi connectivity index (χ0v) is 12.9. The SMILES string of the molecule is CCc1cnc(N2CCC(CCOC3CNC3)CC2)nc1. The number of aromatic nitrogens is 2. The predicted molar refractivity (Wildman–Crippen MR) is 83.6 cm³/mol. The molecule has 116 valence electrons. The highest BCUT2D eigenvalue weighted by Crippen LogP contribution is 2.23. The summed E-state index contributed by atoms with van der Waals surface area (Å²) < 4.78 is 5.82. The van der Waals surface area contributed by atoms with Crippen molar-refractivity contribution < 1.29 is 4.74 Å². The van der Waals surface area contributed by atoms with Crippen molar-refractivity contribution in [2.75, 3.05) is 37.7 Å². The van der Waals surface area contributed by atoms with E-state index in [0.717, 1.165) is 51.1 Å². The fourth-order valence-electron chi connectivity index (χ4n) is 2.90. The molecule has 0 unspecified atom stereocenters. The Balaban J connectivity index is 1.39. The van der Waals surface area contributed by atoms with Gasteiger partial charge in [0.1, 0.15) is 0 Å². The molecule has 1 aromatic heterocycles. The van der Waals surface area contributed by atoms with Gasteiger partial charge in [0, 0.05) is 45.2 Å². The lowest BCUT2D eigenvalue weighted by atomic mass is 9.94. The Morgan fingerprint density at radius 1 is 1.24 bits per heavy atom. The van der Waals surface area contributed by atoms with Crippen molar-refractivity contribution in [1.82, 2.24) is 15.3 Å². The number of hydrogen-bond donors (Lipinski definition) is 1. The maximum atomic E-state index is 5.82. The lowest BCUT2D eigenvalue weighted by molar-refractivity contribution is 0.0110. The van der Waals surface area contributed by atoms with Gasteiger partial charge in [-0.2, -0.15) is 0 Å². The molecule has 2 fully saturated rings. The first kappa shape index (κ1) is 14.7. The highest BCUT2D eigenvalue weighted by Gasteiger charge is 2.22. The molecule has 0 spiro atoms. The molecule has 3 rings (SSSR count). The van der Waals surface area contributed by atoms with Crippen molar-refractivity contribution in [1.29, 1.82) is 0 Å². The summed E-state index contributed by atoms with van der Waals surface area (Å²) in [5.41, 5.74) is 1.20. The number of nitrogens with zero attached hydrogens (tertiary/aromatic N) is 3. The van der Waals surface area contributed by atoms with Gasteiger partial charge < -0.3 is 15.0 Å². The van der Waals surface area contributed by atoms with Crippen molar-refractivity contribution in [2.45, 2.75) is 38.7 Å². The van der Waals surface area contributed by atoms with Crippen LogP contribution in [0.15, 0.2) is 12.4 Å². The van der Waals surface area contributed by atoms with E-state index >= 15 is 0 Å². The van der Waals surface area contributed by atoms with Crippen LogP contribution in [-0.2, 0) is 11.2 Å². The molecule has 1 aromatic rings. The Hall–Kier alpha value is -1.20. The Labute approximate surface area is 127 Å². The van der Waals surface area contributed by atoms with E-state index in [1.165, 1.54) is 24.8 Å². The monoisotopic (exact) mass is 290 g/mol. The van der Waals surface area contributed by atoms with Gasteiger partial charge in [-0.1, -0.05) is 6.92 Å². The van der Waals surface area contributed by atoms with Crippen LogP contribution in [0.2, 0.25) is 0 Å². The molecule has 0 saturated carbocycles. The van der Waals surface area contributed by atoms with E-state index in [-0.39, 0.29) is 0 Å². The quantitative estimate of drug-likeness (QED) is 0.863. The van der Waals surface area contributed by atoms with Gasteiger partial charge in [0.2, 0.25) is 5.95 Å². The van der Waals surface area contributed by atoms with E-state index in [9.17, 15) is 0 Å².